The largest absolute Gasteiger partial charge is 0.469 e. The van der Waals surface area contributed by atoms with Crippen molar-refractivity contribution < 1.29 is 14.3 Å². The Bertz CT molecular complexity index is 862. The van der Waals surface area contributed by atoms with E-state index in [0.717, 1.165) is 38.0 Å². The van der Waals surface area contributed by atoms with Gasteiger partial charge in [0.1, 0.15) is 0 Å². The first-order valence-electron chi connectivity index (χ1n) is 10.7. The number of primary amides is 1. The molecule has 0 saturated heterocycles. The van der Waals surface area contributed by atoms with Crippen LogP contribution in [0.3, 0.4) is 0 Å². The molecule has 0 aliphatic heterocycles. The summed E-state index contributed by atoms with van der Waals surface area (Å²) in [6, 6.07) is 14.8. The molecule has 2 N–H and O–H groups in total. The van der Waals surface area contributed by atoms with E-state index in [9.17, 15) is 9.59 Å². The minimum Gasteiger partial charge on any atom is -0.469 e. The fraction of sp³-hybridized carbons (Fsp3) is 0.417. The van der Waals surface area contributed by atoms with E-state index in [1.807, 2.05) is 42.5 Å². The van der Waals surface area contributed by atoms with Crippen molar-refractivity contribution in [1.82, 2.24) is 9.80 Å². The first kappa shape index (κ1) is 26.0. The van der Waals surface area contributed by atoms with Gasteiger partial charge < -0.3 is 20.3 Å². The van der Waals surface area contributed by atoms with E-state index in [2.05, 4.69) is 4.90 Å². The lowest BCUT2D eigenvalue weighted by molar-refractivity contribution is -0.140. The summed E-state index contributed by atoms with van der Waals surface area (Å²) in [5.41, 5.74) is 7.66. The molecule has 0 radical (unpaired) electrons. The van der Waals surface area contributed by atoms with Crippen LogP contribution in [-0.2, 0) is 22.5 Å². The van der Waals surface area contributed by atoms with Gasteiger partial charge in [0.25, 0.3) is 0 Å². The molecule has 174 valence electrons. The third-order valence-corrected chi connectivity index (χ3v) is 5.87. The van der Waals surface area contributed by atoms with Crippen LogP contribution in [0.25, 0.3) is 0 Å². The Morgan fingerprint density at radius 1 is 0.938 bits per heavy atom. The number of amides is 2. The van der Waals surface area contributed by atoms with E-state index in [-0.39, 0.29) is 5.97 Å². The SMILES string of the molecule is COC(=O)CCCN(CCCN(Cc1ccccc1Cl)C(N)=O)CCc1ccc(Cl)cc1. The van der Waals surface area contributed by atoms with Crippen molar-refractivity contribution in [1.29, 1.82) is 0 Å². The molecule has 8 heteroatoms. The molecule has 2 aromatic rings. The number of hydrogen-bond acceptors (Lipinski definition) is 4. The average Bonchev–Trinajstić information content (AvgIpc) is 2.78. The second-order valence-electron chi connectivity index (χ2n) is 7.60. The first-order valence-corrected chi connectivity index (χ1v) is 11.5. The monoisotopic (exact) mass is 479 g/mol. The summed E-state index contributed by atoms with van der Waals surface area (Å²) in [5, 5.41) is 1.33. The van der Waals surface area contributed by atoms with Crippen molar-refractivity contribution in [3.8, 4) is 0 Å². The van der Waals surface area contributed by atoms with Crippen LogP contribution in [-0.4, -0.2) is 55.1 Å². The van der Waals surface area contributed by atoms with Gasteiger partial charge in [0.05, 0.1) is 7.11 Å². The Morgan fingerprint density at radius 2 is 1.62 bits per heavy atom. The van der Waals surface area contributed by atoms with Crippen LogP contribution in [0.4, 0.5) is 4.79 Å². The Balaban J connectivity index is 1.90. The lowest BCUT2D eigenvalue weighted by atomic mass is 10.1. The molecule has 0 aromatic heterocycles. The Kier molecular flexibility index (Phi) is 11.4. The second-order valence-corrected chi connectivity index (χ2v) is 8.45. The van der Waals surface area contributed by atoms with Gasteiger partial charge in [-0.25, -0.2) is 4.79 Å². The molecule has 0 heterocycles. The number of hydrogen-bond donors (Lipinski definition) is 1. The standard InChI is InChI=1S/C24H31Cl2N3O3/c1-32-23(30)8-4-14-28(17-13-19-9-11-21(25)12-10-19)15-5-16-29(24(27)31)18-20-6-2-3-7-22(20)26/h2-3,6-7,9-12H,4-5,8,13-18H2,1H3,(H2,27,31). The summed E-state index contributed by atoms with van der Waals surface area (Å²) < 4.78 is 4.74. The number of halogens is 2. The van der Waals surface area contributed by atoms with Crippen molar-refractivity contribution in [2.24, 2.45) is 5.73 Å². The van der Waals surface area contributed by atoms with Crippen molar-refractivity contribution in [3.63, 3.8) is 0 Å². The van der Waals surface area contributed by atoms with E-state index < -0.39 is 6.03 Å². The van der Waals surface area contributed by atoms with Crippen molar-refractivity contribution >= 4 is 35.2 Å². The highest BCUT2D eigenvalue weighted by molar-refractivity contribution is 6.31. The van der Waals surface area contributed by atoms with Crippen molar-refractivity contribution in [3.05, 3.63) is 69.7 Å². The van der Waals surface area contributed by atoms with Crippen LogP contribution in [0.5, 0.6) is 0 Å². The molecule has 32 heavy (non-hydrogen) atoms. The maximum Gasteiger partial charge on any atom is 0.315 e. The van der Waals surface area contributed by atoms with Gasteiger partial charge in [0.2, 0.25) is 0 Å². The number of benzene rings is 2. The minimum absolute atomic E-state index is 0.206. The fourth-order valence-electron chi connectivity index (χ4n) is 3.41. The van der Waals surface area contributed by atoms with Crippen molar-refractivity contribution in [2.75, 3.05) is 33.3 Å². The third-order valence-electron chi connectivity index (χ3n) is 5.25. The van der Waals surface area contributed by atoms with Crippen LogP contribution < -0.4 is 5.73 Å². The van der Waals surface area contributed by atoms with Gasteiger partial charge in [-0.15, -0.1) is 0 Å². The maximum absolute atomic E-state index is 11.9. The second kappa shape index (κ2) is 14.0. The summed E-state index contributed by atoms with van der Waals surface area (Å²) in [7, 11) is 1.40. The summed E-state index contributed by atoms with van der Waals surface area (Å²) in [6.45, 7) is 3.28. The number of nitrogens with two attached hydrogens (primary N) is 1. The fourth-order valence-corrected chi connectivity index (χ4v) is 3.73. The van der Waals surface area contributed by atoms with Crippen LogP contribution in [0, 0.1) is 0 Å². The minimum atomic E-state index is -0.469. The first-order chi connectivity index (χ1) is 15.4. The van der Waals surface area contributed by atoms with E-state index in [1.165, 1.54) is 12.7 Å². The molecule has 6 nitrogen and oxygen atoms in total. The molecular weight excluding hydrogens is 449 g/mol. The van der Waals surface area contributed by atoms with E-state index in [4.69, 9.17) is 33.7 Å². The van der Waals surface area contributed by atoms with Gasteiger partial charge in [-0.3, -0.25) is 4.79 Å². The molecule has 2 aromatic carbocycles. The number of nitrogens with zero attached hydrogens (tertiary/aromatic N) is 2. The Morgan fingerprint density at radius 3 is 2.28 bits per heavy atom. The van der Waals surface area contributed by atoms with Gasteiger partial charge in [0.15, 0.2) is 0 Å². The normalized spacial score (nSPS) is 10.9. The van der Waals surface area contributed by atoms with Crippen LogP contribution >= 0.6 is 23.2 Å². The molecule has 0 aliphatic rings. The molecular formula is C24H31Cl2N3O3. The molecule has 0 fully saturated rings. The number of urea groups is 1. The average molecular weight is 480 g/mol. The number of ether oxygens (including phenoxy) is 1. The zero-order valence-electron chi connectivity index (χ0n) is 18.4. The van der Waals surface area contributed by atoms with Gasteiger partial charge in [-0.2, -0.15) is 0 Å². The van der Waals surface area contributed by atoms with E-state index >= 15 is 0 Å². The molecule has 0 atom stereocenters. The number of esters is 1. The van der Waals surface area contributed by atoms with Crippen LogP contribution in [0.2, 0.25) is 10.0 Å². The summed E-state index contributed by atoms with van der Waals surface area (Å²) in [5.74, 6) is -0.206. The predicted octanol–water partition coefficient (Wildman–Crippen LogP) is 4.76. The van der Waals surface area contributed by atoms with Crippen molar-refractivity contribution in [2.45, 2.75) is 32.2 Å². The summed E-state index contributed by atoms with van der Waals surface area (Å²) in [6.07, 6.45) is 2.72. The smallest absolute Gasteiger partial charge is 0.315 e. The number of rotatable bonds is 13. The number of carbonyl (C=O) groups is 2. The quantitative estimate of drug-likeness (QED) is 0.420. The predicted molar refractivity (Wildman–Crippen MR) is 129 cm³/mol. The molecule has 0 bridgehead atoms. The lowest BCUT2D eigenvalue weighted by Gasteiger charge is -2.25. The maximum atomic E-state index is 11.9. The Hall–Kier alpha value is -2.28. The highest BCUT2D eigenvalue weighted by Gasteiger charge is 2.14. The molecule has 0 unspecified atom stereocenters. The molecule has 0 saturated carbocycles. The summed E-state index contributed by atoms with van der Waals surface area (Å²) in [4.78, 5) is 27.3. The molecule has 0 spiro atoms. The van der Waals surface area contributed by atoms with Crippen LogP contribution in [0.1, 0.15) is 30.4 Å². The molecule has 2 amide bonds. The van der Waals surface area contributed by atoms with E-state index in [0.29, 0.717) is 36.0 Å². The molecule has 0 aliphatic carbocycles. The van der Waals surface area contributed by atoms with Gasteiger partial charge in [-0.1, -0.05) is 53.5 Å². The Labute approximate surface area is 200 Å². The van der Waals surface area contributed by atoms with E-state index in [1.54, 1.807) is 11.0 Å². The number of methoxy groups -OCH3 is 1. The number of carbonyl (C=O) groups excluding carboxylic acids is 2. The summed E-state index contributed by atoms with van der Waals surface area (Å²) >= 11 is 12.2. The highest BCUT2D eigenvalue weighted by atomic mass is 35.5. The van der Waals surface area contributed by atoms with Gasteiger partial charge in [-0.05, 0) is 61.7 Å². The topological polar surface area (TPSA) is 75.9 Å². The lowest BCUT2D eigenvalue weighted by Crippen LogP contribution is -2.38. The van der Waals surface area contributed by atoms with Gasteiger partial charge in [0, 0.05) is 36.1 Å². The zero-order valence-corrected chi connectivity index (χ0v) is 19.9. The van der Waals surface area contributed by atoms with Crippen LogP contribution in [0.15, 0.2) is 48.5 Å². The zero-order chi connectivity index (χ0) is 23.3. The van der Waals surface area contributed by atoms with Gasteiger partial charge >= 0.3 is 12.0 Å². The third kappa shape index (κ3) is 9.47. The highest BCUT2D eigenvalue weighted by Crippen LogP contribution is 2.17. The molecule has 2 rings (SSSR count).